The number of aldehydes is 1. The molecule has 2 nitrogen and oxygen atoms in total. The summed E-state index contributed by atoms with van der Waals surface area (Å²) in [6.07, 6.45) is 1.88. The Morgan fingerprint density at radius 2 is 2.36 bits per heavy atom. The van der Waals surface area contributed by atoms with E-state index in [1.807, 2.05) is 6.92 Å². The minimum absolute atomic E-state index is 0.327. The molecule has 11 heavy (non-hydrogen) atoms. The summed E-state index contributed by atoms with van der Waals surface area (Å²) >= 11 is 5.66. The number of halogens is 1. The van der Waals surface area contributed by atoms with Crippen molar-refractivity contribution in [1.29, 1.82) is 0 Å². The zero-order chi connectivity index (χ0) is 8.27. The number of furan rings is 1. The van der Waals surface area contributed by atoms with Crippen LogP contribution in [0.4, 0.5) is 0 Å². The summed E-state index contributed by atoms with van der Waals surface area (Å²) in [5.41, 5.74) is 0. The highest BCUT2D eigenvalue weighted by atomic mass is 35.5. The third kappa shape index (κ3) is 1.95. The van der Waals surface area contributed by atoms with E-state index in [2.05, 4.69) is 0 Å². The molecule has 0 spiro atoms. The lowest BCUT2D eigenvalue weighted by Crippen LogP contribution is -1.70. The Morgan fingerprint density at radius 1 is 1.64 bits per heavy atom. The molecule has 0 unspecified atom stereocenters. The van der Waals surface area contributed by atoms with Crippen LogP contribution in [0.1, 0.15) is 11.5 Å². The van der Waals surface area contributed by atoms with Crippen molar-refractivity contribution in [2.45, 2.75) is 6.92 Å². The molecule has 1 aromatic heterocycles. The van der Waals surface area contributed by atoms with Gasteiger partial charge in [0, 0.05) is 6.08 Å². The molecule has 0 bridgehead atoms. The Kier molecular flexibility index (Phi) is 2.49. The third-order valence-corrected chi connectivity index (χ3v) is 1.50. The molecule has 0 aliphatic carbocycles. The lowest BCUT2D eigenvalue weighted by Gasteiger charge is -1.88. The van der Waals surface area contributed by atoms with Crippen LogP contribution in [0.3, 0.4) is 0 Å². The van der Waals surface area contributed by atoms with Crippen LogP contribution in [0.2, 0.25) is 0 Å². The van der Waals surface area contributed by atoms with Crippen LogP contribution < -0.4 is 0 Å². The van der Waals surface area contributed by atoms with E-state index >= 15 is 0 Å². The van der Waals surface area contributed by atoms with Gasteiger partial charge in [0.15, 0.2) is 0 Å². The Morgan fingerprint density at radius 3 is 2.82 bits per heavy atom. The summed E-state index contributed by atoms with van der Waals surface area (Å²) in [6.45, 7) is 1.81. The Labute approximate surface area is 69.5 Å². The van der Waals surface area contributed by atoms with Crippen LogP contribution in [0.5, 0.6) is 0 Å². The van der Waals surface area contributed by atoms with E-state index in [0.717, 1.165) is 5.76 Å². The van der Waals surface area contributed by atoms with Crippen LogP contribution >= 0.6 is 11.6 Å². The largest absolute Gasteiger partial charge is 0.460 e. The second-order valence-electron chi connectivity index (χ2n) is 2.06. The molecule has 3 heteroatoms. The highest BCUT2D eigenvalue weighted by molar-refractivity contribution is 6.49. The molecule has 0 aromatic carbocycles. The zero-order valence-electron chi connectivity index (χ0n) is 6.00. The average molecular weight is 171 g/mol. The van der Waals surface area contributed by atoms with Gasteiger partial charge in [-0.2, -0.15) is 0 Å². The molecule has 0 aliphatic heterocycles. The first kappa shape index (κ1) is 8.08. The van der Waals surface area contributed by atoms with E-state index in [-0.39, 0.29) is 0 Å². The molecule has 58 valence electrons. The molecular formula is C8H7ClO2. The van der Waals surface area contributed by atoms with E-state index in [1.165, 1.54) is 6.08 Å². The average Bonchev–Trinajstić information content (AvgIpc) is 2.36. The fourth-order valence-electron chi connectivity index (χ4n) is 0.705. The third-order valence-electron chi connectivity index (χ3n) is 1.19. The highest BCUT2D eigenvalue weighted by Gasteiger charge is 2.00. The van der Waals surface area contributed by atoms with Gasteiger partial charge < -0.3 is 4.42 Å². The van der Waals surface area contributed by atoms with Gasteiger partial charge in [-0.15, -0.1) is 0 Å². The molecule has 0 saturated carbocycles. The van der Waals surface area contributed by atoms with Gasteiger partial charge in [-0.1, -0.05) is 11.6 Å². The van der Waals surface area contributed by atoms with Crippen molar-refractivity contribution in [3.05, 3.63) is 29.7 Å². The van der Waals surface area contributed by atoms with Gasteiger partial charge in [0.05, 0.1) is 5.03 Å². The summed E-state index contributed by atoms with van der Waals surface area (Å²) in [7, 11) is 0. The van der Waals surface area contributed by atoms with E-state index in [1.54, 1.807) is 12.1 Å². The Bertz CT molecular complexity index is 286. The van der Waals surface area contributed by atoms with Gasteiger partial charge in [0.1, 0.15) is 17.8 Å². The van der Waals surface area contributed by atoms with Gasteiger partial charge in [0.2, 0.25) is 0 Å². The number of rotatable bonds is 2. The second-order valence-corrected chi connectivity index (χ2v) is 2.47. The number of hydrogen-bond donors (Lipinski definition) is 0. The molecule has 1 rings (SSSR count). The van der Waals surface area contributed by atoms with Crippen molar-refractivity contribution >= 4 is 22.9 Å². The quantitative estimate of drug-likeness (QED) is 0.504. The second kappa shape index (κ2) is 3.39. The maximum atomic E-state index is 9.99. The maximum Gasteiger partial charge on any atom is 0.145 e. The van der Waals surface area contributed by atoms with E-state index in [9.17, 15) is 4.79 Å². The van der Waals surface area contributed by atoms with Gasteiger partial charge >= 0.3 is 0 Å². The molecule has 0 aliphatic rings. The van der Waals surface area contributed by atoms with Crippen LogP contribution in [0, 0.1) is 6.92 Å². The van der Waals surface area contributed by atoms with Crippen molar-refractivity contribution in [1.82, 2.24) is 0 Å². The predicted molar refractivity (Wildman–Crippen MR) is 43.3 cm³/mol. The number of allylic oxidation sites excluding steroid dienone is 1. The monoisotopic (exact) mass is 170 g/mol. The lowest BCUT2D eigenvalue weighted by atomic mass is 10.4. The number of hydrogen-bond acceptors (Lipinski definition) is 2. The molecule has 0 fully saturated rings. The van der Waals surface area contributed by atoms with Crippen LogP contribution in [-0.2, 0) is 4.79 Å². The van der Waals surface area contributed by atoms with Gasteiger partial charge in [0.25, 0.3) is 0 Å². The topological polar surface area (TPSA) is 30.2 Å². The van der Waals surface area contributed by atoms with Crippen molar-refractivity contribution in [3.63, 3.8) is 0 Å². The molecule has 0 amide bonds. The maximum absolute atomic E-state index is 9.99. The summed E-state index contributed by atoms with van der Waals surface area (Å²) in [4.78, 5) is 9.99. The molecule has 0 saturated heterocycles. The number of carbonyl (C=O) groups excluding carboxylic acids is 1. The zero-order valence-corrected chi connectivity index (χ0v) is 6.76. The minimum Gasteiger partial charge on any atom is -0.460 e. The number of aryl methyl sites for hydroxylation is 1. The number of carbonyl (C=O) groups is 1. The van der Waals surface area contributed by atoms with Crippen LogP contribution in [0.25, 0.3) is 5.03 Å². The highest BCUT2D eigenvalue weighted by Crippen LogP contribution is 2.19. The summed E-state index contributed by atoms with van der Waals surface area (Å²) < 4.78 is 5.14. The normalized spacial score (nSPS) is 11.6. The predicted octanol–water partition coefficient (Wildman–Crippen LogP) is 2.37. The Balaban J connectivity index is 2.93. The van der Waals surface area contributed by atoms with E-state index in [0.29, 0.717) is 17.1 Å². The van der Waals surface area contributed by atoms with Crippen LogP contribution in [0.15, 0.2) is 22.6 Å². The first-order chi connectivity index (χ1) is 5.24. The fourth-order valence-corrected chi connectivity index (χ4v) is 0.858. The minimum atomic E-state index is 0.327. The van der Waals surface area contributed by atoms with Crippen molar-refractivity contribution in [3.8, 4) is 0 Å². The first-order valence-corrected chi connectivity index (χ1v) is 3.49. The molecule has 1 heterocycles. The van der Waals surface area contributed by atoms with Crippen LogP contribution in [-0.4, -0.2) is 6.29 Å². The van der Waals surface area contributed by atoms with Gasteiger partial charge in [-0.3, -0.25) is 4.79 Å². The van der Waals surface area contributed by atoms with Gasteiger partial charge in [-0.05, 0) is 19.1 Å². The van der Waals surface area contributed by atoms with E-state index in [4.69, 9.17) is 16.0 Å². The van der Waals surface area contributed by atoms with Gasteiger partial charge in [-0.25, -0.2) is 0 Å². The molecular weight excluding hydrogens is 164 g/mol. The molecule has 0 radical (unpaired) electrons. The van der Waals surface area contributed by atoms with Crippen molar-refractivity contribution in [2.24, 2.45) is 0 Å². The molecule has 0 atom stereocenters. The molecule has 1 aromatic rings. The lowest BCUT2D eigenvalue weighted by molar-refractivity contribution is -0.104. The first-order valence-electron chi connectivity index (χ1n) is 3.12. The fraction of sp³-hybridized carbons (Fsp3) is 0.125. The summed E-state index contributed by atoms with van der Waals surface area (Å²) in [6, 6.07) is 3.51. The van der Waals surface area contributed by atoms with Crippen molar-refractivity contribution in [2.75, 3.05) is 0 Å². The SMILES string of the molecule is Cc1ccc(/C(Cl)=C/C=O)o1. The van der Waals surface area contributed by atoms with Crippen molar-refractivity contribution < 1.29 is 9.21 Å². The summed E-state index contributed by atoms with van der Waals surface area (Å²) in [5.74, 6) is 1.30. The van der Waals surface area contributed by atoms with E-state index < -0.39 is 0 Å². The smallest absolute Gasteiger partial charge is 0.145 e. The Hall–Kier alpha value is -1.02. The molecule has 0 N–H and O–H groups in total. The standard InChI is InChI=1S/C8H7ClO2/c1-6-2-3-8(11-6)7(9)4-5-10/h2-5H,1H3/b7-4-. The summed E-state index contributed by atoms with van der Waals surface area (Å²) in [5, 5.41) is 0.327.